The van der Waals surface area contributed by atoms with Crippen molar-refractivity contribution in [3.05, 3.63) is 71.3 Å². The van der Waals surface area contributed by atoms with Gasteiger partial charge in [-0.25, -0.2) is 0 Å². The normalized spacial score (nSPS) is 18.0. The van der Waals surface area contributed by atoms with Crippen LogP contribution in [0, 0.1) is 6.92 Å². The summed E-state index contributed by atoms with van der Waals surface area (Å²) in [5.41, 5.74) is 8.63. The molecule has 1 saturated heterocycles. The molecule has 2 unspecified atom stereocenters. The number of hydrogen-bond donors (Lipinski definition) is 2. The molecule has 5 nitrogen and oxygen atoms in total. The first-order chi connectivity index (χ1) is 13.0. The Morgan fingerprint density at radius 1 is 1.15 bits per heavy atom. The first-order valence-electron chi connectivity index (χ1n) is 9.49. The Hall–Kier alpha value is -2.66. The number of carbonyl (C=O) groups excluding carboxylic acids is 2. The van der Waals surface area contributed by atoms with E-state index in [-0.39, 0.29) is 30.3 Å². The number of carbonyl (C=O) groups is 2. The van der Waals surface area contributed by atoms with E-state index in [1.54, 1.807) is 12.1 Å². The lowest BCUT2D eigenvalue weighted by Gasteiger charge is -2.32. The number of nitrogens with zero attached hydrogens (tertiary/aromatic N) is 1. The number of aryl methyl sites for hydroxylation is 1. The lowest BCUT2D eigenvalue weighted by molar-refractivity contribution is -0.132. The van der Waals surface area contributed by atoms with Crippen LogP contribution in [0.4, 0.5) is 0 Å². The number of rotatable bonds is 5. The Balaban J connectivity index is 1.74. The van der Waals surface area contributed by atoms with Gasteiger partial charge >= 0.3 is 0 Å². The molecule has 2 atom stereocenters. The zero-order valence-electron chi connectivity index (χ0n) is 15.7. The van der Waals surface area contributed by atoms with Gasteiger partial charge in [-0.05, 0) is 37.5 Å². The number of hydrogen-bond acceptors (Lipinski definition) is 3. The van der Waals surface area contributed by atoms with E-state index >= 15 is 0 Å². The molecule has 0 aromatic heterocycles. The molecule has 2 aromatic rings. The maximum Gasteiger partial charge on any atom is 0.251 e. The standard InChI is InChI=1S/C22H27N3O2/c1-16-9-11-18(12-10-16)22(27)24-20(17-6-3-2-4-7-17)14-21(26)25-13-5-8-19(23)15-25/h2-4,6-7,9-12,19-20H,5,8,13-15,23H2,1H3,(H,24,27). The molecule has 0 aliphatic carbocycles. The predicted octanol–water partition coefficient (Wildman–Crippen LogP) is 2.81. The van der Waals surface area contributed by atoms with Crippen LogP contribution in [0.1, 0.15) is 46.8 Å². The van der Waals surface area contributed by atoms with E-state index < -0.39 is 0 Å². The van der Waals surface area contributed by atoms with Gasteiger partial charge in [0.25, 0.3) is 5.91 Å². The Morgan fingerprint density at radius 3 is 2.52 bits per heavy atom. The van der Waals surface area contributed by atoms with Crippen LogP contribution in [0.5, 0.6) is 0 Å². The Kier molecular flexibility index (Phi) is 6.24. The van der Waals surface area contributed by atoms with Crippen molar-refractivity contribution in [3.8, 4) is 0 Å². The van der Waals surface area contributed by atoms with Crippen molar-refractivity contribution in [3.63, 3.8) is 0 Å². The second-order valence-corrected chi connectivity index (χ2v) is 7.25. The highest BCUT2D eigenvalue weighted by Crippen LogP contribution is 2.20. The number of amides is 2. The van der Waals surface area contributed by atoms with Gasteiger partial charge in [0, 0.05) is 24.7 Å². The largest absolute Gasteiger partial charge is 0.345 e. The van der Waals surface area contributed by atoms with Gasteiger partial charge in [-0.2, -0.15) is 0 Å². The van der Waals surface area contributed by atoms with Crippen molar-refractivity contribution in [1.29, 1.82) is 0 Å². The summed E-state index contributed by atoms with van der Waals surface area (Å²) >= 11 is 0. The third-order valence-electron chi connectivity index (χ3n) is 5.01. The lowest BCUT2D eigenvalue weighted by Crippen LogP contribution is -2.46. The van der Waals surface area contributed by atoms with Crippen molar-refractivity contribution in [2.75, 3.05) is 13.1 Å². The van der Waals surface area contributed by atoms with Crippen LogP contribution < -0.4 is 11.1 Å². The van der Waals surface area contributed by atoms with Gasteiger partial charge in [0.15, 0.2) is 0 Å². The monoisotopic (exact) mass is 365 g/mol. The third-order valence-corrected chi connectivity index (χ3v) is 5.01. The molecule has 1 heterocycles. The first kappa shape index (κ1) is 19.1. The van der Waals surface area contributed by atoms with Crippen molar-refractivity contribution >= 4 is 11.8 Å². The summed E-state index contributed by atoms with van der Waals surface area (Å²) < 4.78 is 0. The van der Waals surface area contributed by atoms with Crippen molar-refractivity contribution in [1.82, 2.24) is 10.2 Å². The highest BCUT2D eigenvalue weighted by Gasteiger charge is 2.25. The minimum atomic E-state index is -0.370. The summed E-state index contributed by atoms with van der Waals surface area (Å²) in [6.07, 6.45) is 2.11. The van der Waals surface area contributed by atoms with E-state index in [1.165, 1.54) is 0 Å². The lowest BCUT2D eigenvalue weighted by atomic mass is 10.0. The highest BCUT2D eigenvalue weighted by atomic mass is 16.2. The van der Waals surface area contributed by atoms with Crippen LogP contribution in [-0.4, -0.2) is 35.8 Å². The van der Waals surface area contributed by atoms with E-state index in [0.29, 0.717) is 12.1 Å². The maximum absolute atomic E-state index is 12.8. The molecule has 0 radical (unpaired) electrons. The Bertz CT molecular complexity index is 774. The zero-order valence-corrected chi connectivity index (χ0v) is 15.7. The van der Waals surface area contributed by atoms with Crippen LogP contribution in [0.3, 0.4) is 0 Å². The van der Waals surface area contributed by atoms with Crippen molar-refractivity contribution in [2.45, 2.75) is 38.3 Å². The summed E-state index contributed by atoms with van der Waals surface area (Å²) in [6, 6.07) is 16.7. The maximum atomic E-state index is 12.8. The molecule has 142 valence electrons. The fourth-order valence-electron chi connectivity index (χ4n) is 3.42. The number of nitrogens with one attached hydrogen (secondary N) is 1. The first-order valence-corrected chi connectivity index (χ1v) is 9.49. The predicted molar refractivity (Wildman–Crippen MR) is 106 cm³/mol. The van der Waals surface area contributed by atoms with E-state index in [2.05, 4.69) is 5.32 Å². The van der Waals surface area contributed by atoms with Gasteiger partial charge < -0.3 is 16.0 Å². The molecule has 0 spiro atoms. The van der Waals surface area contributed by atoms with E-state index in [1.807, 2.05) is 54.3 Å². The summed E-state index contributed by atoms with van der Waals surface area (Å²) in [7, 11) is 0. The van der Waals surface area contributed by atoms with Gasteiger partial charge in [-0.1, -0.05) is 48.0 Å². The molecule has 2 amide bonds. The summed E-state index contributed by atoms with van der Waals surface area (Å²) in [6.45, 7) is 3.31. The molecule has 1 fully saturated rings. The van der Waals surface area contributed by atoms with Gasteiger partial charge in [-0.3, -0.25) is 9.59 Å². The van der Waals surface area contributed by atoms with E-state index in [9.17, 15) is 9.59 Å². The number of benzene rings is 2. The topological polar surface area (TPSA) is 75.4 Å². The fourth-order valence-corrected chi connectivity index (χ4v) is 3.42. The van der Waals surface area contributed by atoms with Gasteiger partial charge in [-0.15, -0.1) is 0 Å². The molecule has 5 heteroatoms. The average Bonchev–Trinajstić information content (AvgIpc) is 2.68. The van der Waals surface area contributed by atoms with Crippen LogP contribution in [-0.2, 0) is 4.79 Å². The van der Waals surface area contributed by atoms with Crippen LogP contribution in [0.25, 0.3) is 0 Å². The molecular weight excluding hydrogens is 338 g/mol. The number of piperidine rings is 1. The van der Waals surface area contributed by atoms with Crippen molar-refractivity contribution in [2.24, 2.45) is 5.73 Å². The van der Waals surface area contributed by atoms with Gasteiger partial charge in [0.2, 0.25) is 5.91 Å². The molecular formula is C22H27N3O2. The average molecular weight is 365 g/mol. The molecule has 0 bridgehead atoms. The van der Waals surface area contributed by atoms with Crippen LogP contribution in [0.15, 0.2) is 54.6 Å². The highest BCUT2D eigenvalue weighted by molar-refractivity contribution is 5.94. The van der Waals surface area contributed by atoms with Crippen LogP contribution in [0.2, 0.25) is 0 Å². The second-order valence-electron chi connectivity index (χ2n) is 7.25. The second kappa shape index (κ2) is 8.82. The van der Waals surface area contributed by atoms with Crippen molar-refractivity contribution < 1.29 is 9.59 Å². The quantitative estimate of drug-likeness (QED) is 0.855. The number of nitrogens with two attached hydrogens (primary N) is 1. The Morgan fingerprint density at radius 2 is 1.85 bits per heavy atom. The molecule has 3 rings (SSSR count). The zero-order chi connectivity index (χ0) is 19.2. The molecule has 0 saturated carbocycles. The minimum Gasteiger partial charge on any atom is -0.345 e. The Labute approximate surface area is 160 Å². The van der Waals surface area contributed by atoms with E-state index in [0.717, 1.165) is 30.5 Å². The number of likely N-dealkylation sites (tertiary alicyclic amines) is 1. The fraction of sp³-hybridized carbons (Fsp3) is 0.364. The minimum absolute atomic E-state index is 0.0307. The third kappa shape index (κ3) is 5.17. The van der Waals surface area contributed by atoms with Gasteiger partial charge in [0.05, 0.1) is 12.5 Å². The molecule has 27 heavy (non-hydrogen) atoms. The summed E-state index contributed by atoms with van der Waals surface area (Å²) in [5, 5.41) is 3.03. The smallest absolute Gasteiger partial charge is 0.251 e. The summed E-state index contributed by atoms with van der Waals surface area (Å²) in [4.78, 5) is 27.3. The molecule has 2 aromatic carbocycles. The SMILES string of the molecule is Cc1ccc(C(=O)NC(CC(=O)N2CCCC(N)C2)c2ccccc2)cc1. The van der Waals surface area contributed by atoms with Crippen LogP contribution >= 0.6 is 0 Å². The molecule has 3 N–H and O–H groups in total. The molecule has 1 aliphatic heterocycles. The summed E-state index contributed by atoms with van der Waals surface area (Å²) in [5.74, 6) is -0.143. The molecule has 1 aliphatic rings. The van der Waals surface area contributed by atoms with E-state index in [4.69, 9.17) is 5.73 Å². The van der Waals surface area contributed by atoms with Gasteiger partial charge in [0.1, 0.15) is 0 Å².